The van der Waals surface area contributed by atoms with E-state index in [4.69, 9.17) is 0 Å². The molecule has 1 aromatic carbocycles. The second-order valence-electron chi connectivity index (χ2n) is 5.80. The zero-order valence-electron chi connectivity index (χ0n) is 14.2. The van der Waals surface area contributed by atoms with Gasteiger partial charge < -0.3 is 0 Å². The maximum absolute atomic E-state index is 14.2. The molecule has 9 heteroatoms. The first-order valence-corrected chi connectivity index (χ1v) is 8.88. The Morgan fingerprint density at radius 2 is 1.76 bits per heavy atom. The summed E-state index contributed by atoms with van der Waals surface area (Å²) in [5.41, 5.74) is -0.632. The molecule has 1 amide bonds. The number of halogens is 1. The Morgan fingerprint density at radius 1 is 1.20 bits per heavy atom. The highest BCUT2D eigenvalue weighted by atomic mass is 32.2. The van der Waals surface area contributed by atoms with Crippen molar-refractivity contribution in [2.24, 2.45) is 12.0 Å². The fourth-order valence-corrected chi connectivity index (χ4v) is 3.47. The molecule has 0 bridgehead atoms. The zero-order valence-corrected chi connectivity index (χ0v) is 15.0. The van der Waals surface area contributed by atoms with Crippen molar-refractivity contribution < 1.29 is 17.6 Å². The monoisotopic (exact) mass is 367 g/mol. The van der Waals surface area contributed by atoms with Gasteiger partial charge in [-0.2, -0.15) is 8.96 Å². The lowest BCUT2D eigenvalue weighted by Crippen LogP contribution is -2.42. The molecule has 0 atom stereocenters. The molecule has 0 radical (unpaired) electrons. The van der Waals surface area contributed by atoms with Gasteiger partial charge in [-0.1, -0.05) is 26.0 Å². The number of nitrogens with zero attached hydrogens (tertiary/aromatic N) is 3. The first kappa shape index (κ1) is 18.8. The number of carbonyl (C=O) groups excluding carboxylic acids is 1. The van der Waals surface area contributed by atoms with Gasteiger partial charge in [0.15, 0.2) is 11.3 Å². The van der Waals surface area contributed by atoms with Gasteiger partial charge in [-0.25, -0.2) is 17.6 Å². The van der Waals surface area contributed by atoms with Crippen LogP contribution in [-0.2, 0) is 21.9 Å². The van der Waals surface area contributed by atoms with Gasteiger partial charge in [-0.05, 0) is 23.6 Å². The van der Waals surface area contributed by atoms with Crippen LogP contribution in [-0.4, -0.2) is 22.9 Å². The van der Waals surface area contributed by atoms with E-state index in [9.17, 15) is 22.4 Å². The van der Waals surface area contributed by atoms with Gasteiger partial charge in [0, 0.05) is 14.0 Å². The summed E-state index contributed by atoms with van der Waals surface area (Å²) in [5.74, 6) is -1.60. The van der Waals surface area contributed by atoms with Gasteiger partial charge in [0.05, 0.1) is 11.1 Å². The summed E-state index contributed by atoms with van der Waals surface area (Å²) in [6.07, 6.45) is 0.524. The molecular formula is C16H18FN3O4S. The quantitative estimate of drug-likeness (QED) is 0.813. The van der Waals surface area contributed by atoms with Crippen LogP contribution in [0.1, 0.15) is 32.3 Å². The molecule has 1 heterocycles. The molecule has 0 unspecified atom stereocenters. The van der Waals surface area contributed by atoms with E-state index in [-0.39, 0.29) is 10.8 Å². The van der Waals surface area contributed by atoms with Gasteiger partial charge >= 0.3 is 5.69 Å². The Labute approximate surface area is 144 Å². The topological polar surface area (TPSA) is 90.5 Å². The van der Waals surface area contributed by atoms with E-state index in [0.717, 1.165) is 19.5 Å². The van der Waals surface area contributed by atoms with Crippen molar-refractivity contribution in [2.45, 2.75) is 31.6 Å². The third-order valence-corrected chi connectivity index (χ3v) is 5.25. The highest BCUT2D eigenvalue weighted by Gasteiger charge is 2.21. The lowest BCUT2D eigenvalue weighted by Gasteiger charge is -2.11. The van der Waals surface area contributed by atoms with Crippen LogP contribution in [0.3, 0.4) is 0 Å². The molecule has 0 saturated carbocycles. The largest absolute Gasteiger partial charge is 0.343 e. The molecule has 0 aliphatic heterocycles. The number of rotatable bonds is 3. The first-order valence-electron chi connectivity index (χ1n) is 7.44. The van der Waals surface area contributed by atoms with E-state index in [1.54, 1.807) is 12.1 Å². The van der Waals surface area contributed by atoms with Crippen LogP contribution in [0.25, 0.3) is 0 Å². The molecule has 2 rings (SSSR count). The average Bonchev–Trinajstić information content (AvgIpc) is 2.54. The molecule has 0 N–H and O–H groups in total. The van der Waals surface area contributed by atoms with Crippen LogP contribution in [0.5, 0.6) is 0 Å². The molecule has 0 spiro atoms. The van der Waals surface area contributed by atoms with E-state index >= 15 is 0 Å². The zero-order chi connectivity index (χ0) is 18.9. The lowest BCUT2D eigenvalue weighted by molar-refractivity contribution is -0.116. The van der Waals surface area contributed by atoms with Crippen LogP contribution in [0, 0.1) is 5.82 Å². The summed E-state index contributed by atoms with van der Waals surface area (Å²) in [5, 5.41) is 0. The molecule has 134 valence electrons. The van der Waals surface area contributed by atoms with Crippen molar-refractivity contribution in [3.05, 3.63) is 57.8 Å². The molecule has 7 nitrogen and oxygen atoms in total. The number of aromatic nitrogens is 2. The summed E-state index contributed by atoms with van der Waals surface area (Å²) in [7, 11) is -3.15. The van der Waals surface area contributed by atoms with Gasteiger partial charge in [0.2, 0.25) is 5.91 Å². The summed E-state index contributed by atoms with van der Waals surface area (Å²) >= 11 is 0. The SMILES string of the molecule is CC(=O)/N=c1\c(F)cn(S(=O)(=O)c2ccc(C(C)C)cc2)c(=O)n1C. The smallest absolute Gasteiger partial charge is 0.278 e. The van der Waals surface area contributed by atoms with Crippen LogP contribution < -0.4 is 11.2 Å². The molecule has 0 aliphatic carbocycles. The van der Waals surface area contributed by atoms with E-state index in [1.807, 2.05) is 13.8 Å². The van der Waals surface area contributed by atoms with Crippen molar-refractivity contribution in [1.82, 2.24) is 8.54 Å². The number of amides is 1. The number of carbonyl (C=O) groups is 1. The summed E-state index contributed by atoms with van der Waals surface area (Å²) < 4.78 is 40.5. The van der Waals surface area contributed by atoms with Crippen molar-refractivity contribution in [3.8, 4) is 0 Å². The highest BCUT2D eigenvalue weighted by Crippen LogP contribution is 2.18. The average molecular weight is 367 g/mol. The lowest BCUT2D eigenvalue weighted by atomic mass is 10.0. The minimum atomic E-state index is -4.29. The van der Waals surface area contributed by atoms with Crippen molar-refractivity contribution >= 4 is 15.9 Å². The minimum Gasteiger partial charge on any atom is -0.278 e. The predicted molar refractivity (Wildman–Crippen MR) is 89.0 cm³/mol. The Hall–Kier alpha value is -2.55. The fourth-order valence-electron chi connectivity index (χ4n) is 2.20. The van der Waals surface area contributed by atoms with Gasteiger partial charge in [0.25, 0.3) is 10.0 Å². The molecular weight excluding hydrogens is 349 g/mol. The second-order valence-corrected chi connectivity index (χ2v) is 7.61. The Kier molecular flexibility index (Phi) is 5.07. The third kappa shape index (κ3) is 3.60. The highest BCUT2D eigenvalue weighted by molar-refractivity contribution is 7.90. The van der Waals surface area contributed by atoms with Gasteiger partial charge in [-0.3, -0.25) is 9.36 Å². The maximum Gasteiger partial charge on any atom is 0.343 e. The third-order valence-electron chi connectivity index (χ3n) is 3.60. The van der Waals surface area contributed by atoms with Gasteiger partial charge in [0.1, 0.15) is 0 Å². The number of benzene rings is 1. The number of hydrogen-bond donors (Lipinski definition) is 0. The Morgan fingerprint density at radius 3 is 2.24 bits per heavy atom. The Balaban J connectivity index is 2.69. The minimum absolute atomic E-state index is 0.144. The second kappa shape index (κ2) is 6.75. The van der Waals surface area contributed by atoms with Crippen LogP contribution in [0.4, 0.5) is 4.39 Å². The van der Waals surface area contributed by atoms with E-state index < -0.39 is 32.9 Å². The van der Waals surface area contributed by atoms with E-state index in [0.29, 0.717) is 14.7 Å². The van der Waals surface area contributed by atoms with Crippen molar-refractivity contribution in [1.29, 1.82) is 0 Å². The van der Waals surface area contributed by atoms with Crippen molar-refractivity contribution in [3.63, 3.8) is 0 Å². The van der Waals surface area contributed by atoms with Crippen LogP contribution in [0.15, 0.2) is 45.1 Å². The molecule has 0 saturated heterocycles. The van der Waals surface area contributed by atoms with Crippen LogP contribution in [0.2, 0.25) is 0 Å². The van der Waals surface area contributed by atoms with E-state index in [1.165, 1.54) is 12.1 Å². The molecule has 0 fully saturated rings. The normalized spacial score (nSPS) is 12.6. The van der Waals surface area contributed by atoms with E-state index in [2.05, 4.69) is 4.99 Å². The standard InChI is InChI=1S/C16H18FN3O4S/c1-10(2)12-5-7-13(8-6-12)25(23,24)20-9-14(17)15(18-11(3)21)19(4)16(20)22/h5-10H,1-4H3/b18-15+. The van der Waals surface area contributed by atoms with Crippen molar-refractivity contribution in [2.75, 3.05) is 0 Å². The van der Waals surface area contributed by atoms with Gasteiger partial charge in [-0.15, -0.1) is 0 Å². The Bertz CT molecular complexity index is 1050. The molecule has 1 aromatic heterocycles. The molecule has 2 aromatic rings. The fraction of sp³-hybridized carbons (Fsp3) is 0.312. The first-order chi connectivity index (χ1) is 11.6. The molecule has 25 heavy (non-hydrogen) atoms. The summed E-state index contributed by atoms with van der Waals surface area (Å²) in [6.45, 7) is 5.01. The predicted octanol–water partition coefficient (Wildman–Crippen LogP) is 1.13. The maximum atomic E-state index is 14.2. The van der Waals surface area contributed by atoms with Crippen LogP contribution >= 0.6 is 0 Å². The number of hydrogen-bond acceptors (Lipinski definition) is 4. The summed E-state index contributed by atoms with van der Waals surface area (Å²) in [4.78, 5) is 26.6. The molecule has 0 aliphatic rings. The summed E-state index contributed by atoms with van der Waals surface area (Å²) in [6, 6.07) is 6.00.